The Balaban J connectivity index is 1.53. The molecule has 0 aliphatic rings. The van der Waals surface area contributed by atoms with Gasteiger partial charge in [-0.05, 0) is 48.0 Å². The Morgan fingerprint density at radius 1 is 1.03 bits per heavy atom. The van der Waals surface area contributed by atoms with E-state index in [9.17, 15) is 4.79 Å². The van der Waals surface area contributed by atoms with Crippen LogP contribution in [0.5, 0.6) is 11.5 Å². The van der Waals surface area contributed by atoms with Crippen molar-refractivity contribution in [2.75, 3.05) is 7.11 Å². The second-order valence-electron chi connectivity index (χ2n) is 7.16. The number of ether oxygens (including phenoxy) is 2. The summed E-state index contributed by atoms with van der Waals surface area (Å²) in [6.07, 6.45) is 1.76. The molecule has 0 N–H and O–H groups in total. The predicted molar refractivity (Wildman–Crippen MR) is 134 cm³/mol. The fourth-order valence-corrected chi connectivity index (χ4v) is 5.31. The number of benzene rings is 3. The van der Waals surface area contributed by atoms with E-state index >= 15 is 0 Å². The molecule has 2 aromatic heterocycles. The molecule has 0 bridgehead atoms. The first-order chi connectivity index (χ1) is 16.0. The SMILES string of the molecule is COc1cc(C=c2sc3nc4ccccc4n3c2=O)cc(Cl)c1OCc1c(Cl)cccc1Cl. The number of thiazole rings is 1. The maximum atomic E-state index is 13.0. The van der Waals surface area contributed by atoms with Crippen LogP contribution >= 0.6 is 46.1 Å². The van der Waals surface area contributed by atoms with Gasteiger partial charge in [0.25, 0.3) is 5.56 Å². The van der Waals surface area contributed by atoms with Crippen molar-refractivity contribution in [3.8, 4) is 11.5 Å². The van der Waals surface area contributed by atoms with Crippen LogP contribution in [0.4, 0.5) is 0 Å². The predicted octanol–water partition coefficient (Wildman–Crippen LogP) is 6.00. The Morgan fingerprint density at radius 3 is 2.55 bits per heavy atom. The summed E-state index contributed by atoms with van der Waals surface area (Å²) in [6, 6.07) is 16.3. The van der Waals surface area contributed by atoms with Gasteiger partial charge in [0.1, 0.15) is 6.61 Å². The molecule has 0 fully saturated rings. The molecule has 2 heterocycles. The molecule has 0 amide bonds. The zero-order chi connectivity index (χ0) is 23.1. The van der Waals surface area contributed by atoms with E-state index in [1.54, 1.807) is 40.8 Å². The van der Waals surface area contributed by atoms with E-state index in [1.807, 2.05) is 24.3 Å². The van der Waals surface area contributed by atoms with Crippen LogP contribution in [0.15, 0.2) is 59.4 Å². The summed E-state index contributed by atoms with van der Waals surface area (Å²) in [7, 11) is 1.52. The molecule has 5 aromatic rings. The van der Waals surface area contributed by atoms with Crippen molar-refractivity contribution < 1.29 is 9.47 Å². The average Bonchev–Trinajstić information content (AvgIpc) is 3.30. The highest BCUT2D eigenvalue weighted by molar-refractivity contribution is 7.15. The molecule has 0 unspecified atom stereocenters. The van der Waals surface area contributed by atoms with E-state index in [4.69, 9.17) is 44.3 Å². The van der Waals surface area contributed by atoms with Crippen molar-refractivity contribution in [2.24, 2.45) is 0 Å². The van der Waals surface area contributed by atoms with E-state index in [2.05, 4.69) is 4.98 Å². The van der Waals surface area contributed by atoms with Crippen molar-refractivity contribution in [1.82, 2.24) is 9.38 Å². The fraction of sp³-hybridized carbons (Fsp3) is 0.0833. The van der Waals surface area contributed by atoms with Gasteiger partial charge in [-0.1, -0.05) is 64.3 Å². The number of aromatic nitrogens is 2. The smallest absolute Gasteiger partial charge is 0.274 e. The highest BCUT2D eigenvalue weighted by atomic mass is 35.5. The van der Waals surface area contributed by atoms with Crippen LogP contribution in [0.3, 0.4) is 0 Å². The van der Waals surface area contributed by atoms with Gasteiger partial charge >= 0.3 is 0 Å². The van der Waals surface area contributed by atoms with E-state index in [0.717, 1.165) is 11.0 Å². The third kappa shape index (κ3) is 4.04. The van der Waals surface area contributed by atoms with Gasteiger partial charge in [0.05, 0.1) is 27.7 Å². The lowest BCUT2D eigenvalue weighted by molar-refractivity contribution is 0.285. The van der Waals surface area contributed by atoms with Crippen molar-refractivity contribution in [3.05, 3.63) is 95.7 Å². The van der Waals surface area contributed by atoms with Crippen LogP contribution < -0.4 is 19.6 Å². The third-order valence-corrected chi connectivity index (χ3v) is 7.07. The first kappa shape index (κ1) is 22.0. The first-order valence-corrected chi connectivity index (χ1v) is 11.8. The molecule has 5 rings (SSSR count). The Labute approximate surface area is 207 Å². The second kappa shape index (κ2) is 8.88. The number of halogens is 3. The minimum Gasteiger partial charge on any atom is -0.493 e. The highest BCUT2D eigenvalue weighted by Gasteiger charge is 2.15. The van der Waals surface area contributed by atoms with E-state index in [1.165, 1.54) is 18.4 Å². The monoisotopic (exact) mass is 516 g/mol. The number of hydrogen-bond acceptors (Lipinski definition) is 5. The van der Waals surface area contributed by atoms with Gasteiger partial charge < -0.3 is 9.47 Å². The minimum absolute atomic E-state index is 0.123. The Kier molecular flexibility index (Phi) is 5.93. The highest BCUT2D eigenvalue weighted by Crippen LogP contribution is 2.38. The van der Waals surface area contributed by atoms with Crippen LogP contribution in [-0.4, -0.2) is 16.5 Å². The maximum Gasteiger partial charge on any atom is 0.274 e. The second-order valence-corrected chi connectivity index (χ2v) is 9.39. The number of para-hydroxylation sites is 2. The van der Waals surface area contributed by atoms with Crippen LogP contribution in [0, 0.1) is 0 Å². The molecule has 5 nitrogen and oxygen atoms in total. The molecule has 0 aliphatic carbocycles. The van der Waals surface area contributed by atoms with E-state index in [-0.39, 0.29) is 12.2 Å². The molecule has 0 saturated heterocycles. The topological polar surface area (TPSA) is 52.8 Å². The Bertz CT molecular complexity index is 1610. The lowest BCUT2D eigenvalue weighted by Gasteiger charge is -2.14. The molecule has 166 valence electrons. The first-order valence-electron chi connectivity index (χ1n) is 9.81. The van der Waals surface area contributed by atoms with Gasteiger partial charge in [-0.2, -0.15) is 0 Å². The lowest BCUT2D eigenvalue weighted by Crippen LogP contribution is -2.22. The van der Waals surface area contributed by atoms with Gasteiger partial charge in [-0.25, -0.2) is 9.38 Å². The normalized spacial score (nSPS) is 12.1. The fourth-order valence-electron chi connectivity index (χ4n) is 3.54. The zero-order valence-corrected chi connectivity index (χ0v) is 20.2. The summed E-state index contributed by atoms with van der Waals surface area (Å²) in [5.74, 6) is 0.790. The van der Waals surface area contributed by atoms with Crippen molar-refractivity contribution in [1.29, 1.82) is 0 Å². The van der Waals surface area contributed by atoms with Crippen LogP contribution in [0.2, 0.25) is 15.1 Å². The summed E-state index contributed by atoms with van der Waals surface area (Å²) in [5, 5.41) is 1.34. The molecular formula is C24H15Cl3N2O3S. The number of nitrogens with zero attached hydrogens (tertiary/aromatic N) is 2. The number of fused-ring (bicyclic) bond motifs is 3. The summed E-state index contributed by atoms with van der Waals surface area (Å²) < 4.78 is 13.6. The molecule has 0 spiro atoms. The van der Waals surface area contributed by atoms with E-state index in [0.29, 0.717) is 47.2 Å². The summed E-state index contributed by atoms with van der Waals surface area (Å²) in [4.78, 5) is 18.2. The third-order valence-electron chi connectivity index (χ3n) is 5.12. The molecule has 0 saturated carbocycles. The summed E-state index contributed by atoms with van der Waals surface area (Å²) in [6.45, 7) is 0.123. The van der Waals surface area contributed by atoms with Crippen molar-refractivity contribution >= 4 is 68.2 Å². The van der Waals surface area contributed by atoms with Gasteiger partial charge in [-0.15, -0.1) is 0 Å². The molecule has 3 aromatic carbocycles. The van der Waals surface area contributed by atoms with Crippen molar-refractivity contribution in [3.63, 3.8) is 0 Å². The standard InChI is InChI=1S/C24H15Cl3N2O3S/c1-31-20-10-13(9-17(27)22(20)32-12-14-15(25)5-4-6-16(14)26)11-21-23(30)29-19-8-3-2-7-18(19)28-24(29)33-21/h2-11H,12H2,1H3. The largest absolute Gasteiger partial charge is 0.493 e. The number of hydrogen-bond donors (Lipinski definition) is 0. The number of methoxy groups -OCH3 is 1. The minimum atomic E-state index is -0.132. The number of imidazole rings is 1. The van der Waals surface area contributed by atoms with Gasteiger partial charge in [0, 0.05) is 15.6 Å². The molecule has 0 aliphatic heterocycles. The van der Waals surface area contributed by atoms with Crippen LogP contribution in [0.25, 0.3) is 22.1 Å². The van der Waals surface area contributed by atoms with E-state index < -0.39 is 0 Å². The lowest BCUT2D eigenvalue weighted by atomic mass is 10.2. The molecule has 0 atom stereocenters. The van der Waals surface area contributed by atoms with Gasteiger partial charge in [0.2, 0.25) is 0 Å². The van der Waals surface area contributed by atoms with Crippen molar-refractivity contribution in [2.45, 2.75) is 6.61 Å². The van der Waals surface area contributed by atoms with Gasteiger partial charge in [-0.3, -0.25) is 4.79 Å². The summed E-state index contributed by atoms with van der Waals surface area (Å²) in [5.41, 5.74) is 2.79. The maximum absolute atomic E-state index is 13.0. The zero-order valence-electron chi connectivity index (χ0n) is 17.1. The molecule has 9 heteroatoms. The molecular weight excluding hydrogens is 503 g/mol. The Morgan fingerprint density at radius 2 is 1.79 bits per heavy atom. The van der Waals surface area contributed by atoms with Crippen LogP contribution in [0.1, 0.15) is 11.1 Å². The van der Waals surface area contributed by atoms with Gasteiger partial charge in [0.15, 0.2) is 16.5 Å². The quantitative estimate of drug-likeness (QED) is 0.287. The average molecular weight is 518 g/mol. The Hall–Kier alpha value is -2.77. The van der Waals surface area contributed by atoms with Crippen LogP contribution in [-0.2, 0) is 6.61 Å². The molecule has 33 heavy (non-hydrogen) atoms. The summed E-state index contributed by atoms with van der Waals surface area (Å²) >= 11 is 20.3. The number of rotatable bonds is 5. The molecule has 0 radical (unpaired) electrons.